The van der Waals surface area contributed by atoms with E-state index in [0.717, 1.165) is 50.6 Å². The summed E-state index contributed by atoms with van der Waals surface area (Å²) in [6.45, 7) is 0. The van der Waals surface area contributed by atoms with E-state index in [-0.39, 0.29) is 5.92 Å². The van der Waals surface area contributed by atoms with Gasteiger partial charge in [-0.1, -0.05) is 127 Å². The largest absolute Gasteiger partial charge is 0.455 e. The van der Waals surface area contributed by atoms with Crippen molar-refractivity contribution >= 4 is 99.1 Å². The number of fused-ring (bicyclic) bond motifs is 17. The molecule has 3 heterocycles. The summed E-state index contributed by atoms with van der Waals surface area (Å²) >= 11 is 0. The zero-order valence-electron chi connectivity index (χ0n) is 31.0. The molecule has 266 valence electrons. The Hall–Kier alpha value is -7.36. The van der Waals surface area contributed by atoms with Crippen molar-refractivity contribution in [3.8, 4) is 11.4 Å². The van der Waals surface area contributed by atoms with Crippen LogP contribution < -0.4 is 10.6 Å². The fraction of sp³-hybridized carbons (Fsp3) is 0.0370. The Bertz CT molecular complexity index is 3740. The quantitative estimate of drug-likeness (QED) is 0.166. The fourth-order valence-electron chi connectivity index (χ4n) is 10.2. The highest BCUT2D eigenvalue weighted by atomic mass is 16.3. The second-order valence-electron chi connectivity index (χ2n) is 15.5. The SMILES string of the molecule is C1=c2c(n(-c3ccccc3)c3ccc4c5c6oc7ccccc7c6ccc5n(-c5ccccc5)c4c23)=CC(c2ccc3c4ccccc4c4ccccc4c3c2)C1. The number of nitrogens with zero attached hydrogens (tertiary/aromatic N) is 2. The van der Waals surface area contributed by atoms with Crippen LogP contribution in [0.4, 0.5) is 0 Å². The third-order valence-electron chi connectivity index (χ3n) is 12.6. The highest BCUT2D eigenvalue weighted by Crippen LogP contribution is 2.43. The molecule has 3 aromatic heterocycles. The van der Waals surface area contributed by atoms with Gasteiger partial charge in [-0.25, -0.2) is 0 Å². The molecule has 1 unspecified atom stereocenters. The molecule has 0 saturated carbocycles. The first-order chi connectivity index (χ1) is 28.3. The van der Waals surface area contributed by atoms with Gasteiger partial charge in [-0.15, -0.1) is 0 Å². The third kappa shape index (κ3) is 4.26. The van der Waals surface area contributed by atoms with Crippen LogP contribution in [0.3, 0.4) is 0 Å². The number of rotatable bonds is 3. The van der Waals surface area contributed by atoms with Crippen molar-refractivity contribution in [2.45, 2.75) is 12.3 Å². The van der Waals surface area contributed by atoms with Crippen LogP contribution in [0.1, 0.15) is 17.9 Å². The maximum absolute atomic E-state index is 6.73. The van der Waals surface area contributed by atoms with E-state index in [2.05, 4.69) is 197 Å². The van der Waals surface area contributed by atoms with Crippen molar-refractivity contribution in [1.29, 1.82) is 0 Å². The van der Waals surface area contributed by atoms with E-state index in [1.54, 1.807) is 0 Å². The molecule has 0 fully saturated rings. The second-order valence-corrected chi connectivity index (χ2v) is 15.5. The van der Waals surface area contributed by atoms with E-state index in [9.17, 15) is 0 Å². The van der Waals surface area contributed by atoms with Crippen LogP contribution in [0.2, 0.25) is 0 Å². The minimum Gasteiger partial charge on any atom is -0.455 e. The zero-order chi connectivity index (χ0) is 37.2. The normalized spacial score (nSPS) is 14.4. The lowest BCUT2D eigenvalue weighted by atomic mass is 9.87. The van der Waals surface area contributed by atoms with Gasteiger partial charge in [-0.3, -0.25) is 0 Å². The van der Waals surface area contributed by atoms with Crippen LogP contribution in [0.5, 0.6) is 0 Å². The molecular formula is C54H34N2O. The highest BCUT2D eigenvalue weighted by Gasteiger charge is 2.25. The summed E-state index contributed by atoms with van der Waals surface area (Å²) in [7, 11) is 0. The van der Waals surface area contributed by atoms with Gasteiger partial charge in [-0.2, -0.15) is 0 Å². The summed E-state index contributed by atoms with van der Waals surface area (Å²) in [6.07, 6.45) is 5.95. The molecule has 3 nitrogen and oxygen atoms in total. The van der Waals surface area contributed by atoms with E-state index in [4.69, 9.17) is 4.42 Å². The number of para-hydroxylation sites is 3. The van der Waals surface area contributed by atoms with Crippen molar-refractivity contribution in [2.75, 3.05) is 0 Å². The maximum Gasteiger partial charge on any atom is 0.145 e. The van der Waals surface area contributed by atoms with Gasteiger partial charge in [-0.05, 0) is 105 Å². The topological polar surface area (TPSA) is 23.0 Å². The van der Waals surface area contributed by atoms with Gasteiger partial charge < -0.3 is 13.6 Å². The van der Waals surface area contributed by atoms with Gasteiger partial charge in [0, 0.05) is 44.1 Å². The Morgan fingerprint density at radius 3 is 1.68 bits per heavy atom. The monoisotopic (exact) mass is 726 g/mol. The van der Waals surface area contributed by atoms with Gasteiger partial charge in [0.15, 0.2) is 0 Å². The Morgan fingerprint density at radius 2 is 0.982 bits per heavy atom. The molecule has 13 rings (SSSR count). The standard InChI is InChI=1S/C54H34N2O/c1-3-13-35(14-4-1)55-47-30-28-45-52-48(29-27-43-42-21-11-12-22-50(42)57-54(43)52)56(36-15-5-2-6-16-36)53(45)51(47)44-26-24-34(32-49(44)55)33-23-25-41-39-19-8-7-17-37(39)38-18-9-10-20-40(38)46(41)31-33/h1-23,25-32,34H,24H2. The van der Waals surface area contributed by atoms with Gasteiger partial charge in [0.2, 0.25) is 0 Å². The lowest BCUT2D eigenvalue weighted by molar-refractivity contribution is 0.673. The lowest BCUT2D eigenvalue weighted by Gasteiger charge is -2.17. The van der Waals surface area contributed by atoms with E-state index in [0.29, 0.717) is 0 Å². The number of benzene rings is 9. The van der Waals surface area contributed by atoms with Crippen LogP contribution in [0.25, 0.3) is 110 Å². The summed E-state index contributed by atoms with van der Waals surface area (Å²) < 4.78 is 11.7. The molecule has 0 N–H and O–H groups in total. The molecule has 0 aliphatic heterocycles. The predicted molar refractivity (Wildman–Crippen MR) is 239 cm³/mol. The van der Waals surface area contributed by atoms with E-state index >= 15 is 0 Å². The zero-order valence-corrected chi connectivity index (χ0v) is 31.0. The summed E-state index contributed by atoms with van der Waals surface area (Å²) in [5.41, 5.74) is 9.04. The van der Waals surface area contributed by atoms with Crippen molar-refractivity contribution in [3.63, 3.8) is 0 Å². The van der Waals surface area contributed by atoms with Crippen molar-refractivity contribution < 1.29 is 4.42 Å². The minimum absolute atomic E-state index is 0.213. The van der Waals surface area contributed by atoms with Crippen LogP contribution in [0.15, 0.2) is 180 Å². The first-order valence-electron chi connectivity index (χ1n) is 19.9. The number of aromatic nitrogens is 2. The molecule has 0 bridgehead atoms. The number of furan rings is 1. The molecule has 1 atom stereocenters. The highest BCUT2D eigenvalue weighted by molar-refractivity contribution is 6.28. The summed E-state index contributed by atoms with van der Waals surface area (Å²) in [4.78, 5) is 0. The molecule has 1 aliphatic rings. The molecule has 57 heavy (non-hydrogen) atoms. The van der Waals surface area contributed by atoms with Crippen LogP contribution >= 0.6 is 0 Å². The molecule has 0 spiro atoms. The Labute approximate surface area is 327 Å². The first kappa shape index (κ1) is 30.9. The molecule has 1 aliphatic carbocycles. The second kappa shape index (κ2) is 11.6. The van der Waals surface area contributed by atoms with Gasteiger partial charge in [0.25, 0.3) is 0 Å². The molecule has 9 aromatic carbocycles. The first-order valence-corrected chi connectivity index (χ1v) is 19.9. The Morgan fingerprint density at radius 1 is 0.439 bits per heavy atom. The van der Waals surface area contributed by atoms with E-state index in [1.165, 1.54) is 70.3 Å². The molecule has 0 radical (unpaired) electrons. The number of hydrogen-bond acceptors (Lipinski definition) is 1. The van der Waals surface area contributed by atoms with Gasteiger partial charge in [0.1, 0.15) is 11.2 Å². The molecule has 0 amide bonds. The van der Waals surface area contributed by atoms with Crippen molar-refractivity contribution in [3.05, 3.63) is 192 Å². The molecule has 12 aromatic rings. The van der Waals surface area contributed by atoms with Crippen molar-refractivity contribution in [2.24, 2.45) is 0 Å². The average molecular weight is 727 g/mol. The smallest absolute Gasteiger partial charge is 0.145 e. The third-order valence-corrected chi connectivity index (χ3v) is 12.6. The molecular weight excluding hydrogens is 693 g/mol. The average Bonchev–Trinajstić information content (AvgIpc) is 3.94. The summed E-state index contributed by atoms with van der Waals surface area (Å²) in [5, 5.41) is 16.3. The lowest BCUT2D eigenvalue weighted by Crippen LogP contribution is -2.32. The van der Waals surface area contributed by atoms with Crippen LogP contribution in [-0.2, 0) is 0 Å². The number of hydrogen-bond donors (Lipinski definition) is 0. The summed E-state index contributed by atoms with van der Waals surface area (Å²) in [6, 6.07) is 64.2. The van der Waals surface area contributed by atoms with Gasteiger partial charge in [0.05, 0.1) is 27.3 Å². The minimum atomic E-state index is 0.213. The van der Waals surface area contributed by atoms with Crippen molar-refractivity contribution in [1.82, 2.24) is 9.13 Å². The van der Waals surface area contributed by atoms with Gasteiger partial charge >= 0.3 is 0 Å². The predicted octanol–water partition coefficient (Wildman–Crippen LogP) is 12.8. The summed E-state index contributed by atoms with van der Waals surface area (Å²) in [5.74, 6) is 0.213. The Kier molecular flexibility index (Phi) is 6.28. The maximum atomic E-state index is 6.73. The fourth-order valence-corrected chi connectivity index (χ4v) is 10.2. The molecule has 3 heteroatoms. The van der Waals surface area contributed by atoms with Crippen LogP contribution in [0, 0.1) is 0 Å². The Balaban J connectivity index is 1.13. The molecule has 0 saturated heterocycles. The van der Waals surface area contributed by atoms with Crippen LogP contribution in [-0.4, -0.2) is 9.13 Å². The van der Waals surface area contributed by atoms with E-state index in [1.807, 2.05) is 0 Å². The van der Waals surface area contributed by atoms with E-state index < -0.39 is 0 Å².